The molecule has 2 heterocycles. The number of morpholine rings is 1. The van der Waals surface area contributed by atoms with E-state index in [1.165, 1.54) is 0 Å². The largest absolute Gasteiger partial charge is 0.373 e. The molecule has 0 radical (unpaired) electrons. The number of rotatable bonds is 4. The van der Waals surface area contributed by atoms with Crippen molar-refractivity contribution in [2.24, 2.45) is 17.1 Å². The van der Waals surface area contributed by atoms with Crippen LogP contribution in [0.25, 0.3) is 0 Å². The first-order valence-electron chi connectivity index (χ1n) is 8.64. The zero-order chi connectivity index (χ0) is 16.5. The molecule has 0 aromatic carbocycles. The van der Waals surface area contributed by atoms with Crippen molar-refractivity contribution in [3.8, 4) is 0 Å². The average Bonchev–Trinajstić information content (AvgIpc) is 2.81. The van der Waals surface area contributed by atoms with Gasteiger partial charge in [0.2, 0.25) is 5.91 Å². The summed E-state index contributed by atoms with van der Waals surface area (Å²) in [5.74, 6) is 0.572. The number of hydrogen-bond donors (Lipinski definition) is 1. The van der Waals surface area contributed by atoms with Gasteiger partial charge >= 0.3 is 0 Å². The van der Waals surface area contributed by atoms with Crippen molar-refractivity contribution in [2.45, 2.75) is 59.3 Å². The molecule has 5 heteroatoms. The molecule has 0 aliphatic carbocycles. The van der Waals surface area contributed by atoms with Gasteiger partial charge in [-0.2, -0.15) is 0 Å². The second-order valence-electron chi connectivity index (χ2n) is 7.92. The van der Waals surface area contributed by atoms with Gasteiger partial charge in [0.25, 0.3) is 0 Å². The molecular weight excluding hydrogens is 278 g/mol. The van der Waals surface area contributed by atoms with E-state index in [4.69, 9.17) is 10.5 Å². The number of carbonyl (C=O) groups excluding carboxylic acids is 1. The lowest BCUT2D eigenvalue weighted by molar-refractivity contribution is -0.144. The molecule has 2 rings (SSSR count). The molecule has 4 atom stereocenters. The third-order valence-electron chi connectivity index (χ3n) is 5.09. The number of likely N-dealkylation sites (tertiary alicyclic amines) is 1. The van der Waals surface area contributed by atoms with Crippen LogP contribution < -0.4 is 5.73 Å². The van der Waals surface area contributed by atoms with Crippen LogP contribution in [0.3, 0.4) is 0 Å². The predicted molar refractivity (Wildman–Crippen MR) is 88.6 cm³/mol. The van der Waals surface area contributed by atoms with Crippen molar-refractivity contribution in [2.75, 3.05) is 32.7 Å². The SMILES string of the molecule is CC1CN(C(C(=O)N2CCC(C)(CN)C2)C(C)C)CC(C)O1. The number of amides is 1. The summed E-state index contributed by atoms with van der Waals surface area (Å²) in [6, 6.07) is -0.0473. The lowest BCUT2D eigenvalue weighted by Crippen LogP contribution is -2.57. The fourth-order valence-electron chi connectivity index (χ4n) is 3.87. The molecule has 4 unspecified atom stereocenters. The summed E-state index contributed by atoms with van der Waals surface area (Å²) in [5.41, 5.74) is 5.97. The molecule has 2 saturated heterocycles. The summed E-state index contributed by atoms with van der Waals surface area (Å²) in [4.78, 5) is 17.5. The van der Waals surface area contributed by atoms with E-state index < -0.39 is 0 Å². The highest BCUT2D eigenvalue weighted by Gasteiger charge is 2.41. The van der Waals surface area contributed by atoms with Crippen molar-refractivity contribution < 1.29 is 9.53 Å². The van der Waals surface area contributed by atoms with Crippen LogP contribution in [0.2, 0.25) is 0 Å². The Hall–Kier alpha value is -0.650. The Balaban J connectivity index is 2.09. The Kier molecular flexibility index (Phi) is 5.51. The van der Waals surface area contributed by atoms with Gasteiger partial charge in [-0.05, 0) is 38.1 Å². The summed E-state index contributed by atoms with van der Waals surface area (Å²) < 4.78 is 5.82. The van der Waals surface area contributed by atoms with E-state index in [1.54, 1.807) is 0 Å². The van der Waals surface area contributed by atoms with Crippen LogP contribution in [0, 0.1) is 11.3 Å². The normalized spacial score (nSPS) is 35.1. The monoisotopic (exact) mass is 311 g/mol. The first-order chi connectivity index (χ1) is 10.3. The van der Waals surface area contributed by atoms with Gasteiger partial charge in [-0.1, -0.05) is 20.8 Å². The Bertz CT molecular complexity index is 391. The van der Waals surface area contributed by atoms with Crippen LogP contribution in [-0.2, 0) is 9.53 Å². The van der Waals surface area contributed by atoms with Crippen LogP contribution in [0.1, 0.15) is 41.0 Å². The molecule has 128 valence electrons. The predicted octanol–water partition coefficient (Wildman–Crippen LogP) is 1.32. The smallest absolute Gasteiger partial charge is 0.240 e. The Morgan fingerprint density at radius 3 is 2.36 bits per heavy atom. The fraction of sp³-hybridized carbons (Fsp3) is 0.941. The van der Waals surface area contributed by atoms with E-state index in [0.29, 0.717) is 12.5 Å². The molecule has 0 aromatic heterocycles. The molecule has 5 nitrogen and oxygen atoms in total. The second-order valence-corrected chi connectivity index (χ2v) is 7.92. The van der Waals surface area contributed by atoms with Crippen LogP contribution in [0.15, 0.2) is 0 Å². The molecule has 2 aliphatic heterocycles. The van der Waals surface area contributed by atoms with E-state index in [9.17, 15) is 4.79 Å². The topological polar surface area (TPSA) is 58.8 Å². The number of nitrogens with zero attached hydrogens (tertiary/aromatic N) is 2. The first kappa shape index (κ1) is 17.7. The minimum Gasteiger partial charge on any atom is -0.373 e. The molecular formula is C17H33N3O2. The van der Waals surface area contributed by atoms with Gasteiger partial charge < -0.3 is 15.4 Å². The zero-order valence-corrected chi connectivity index (χ0v) is 14.8. The molecule has 0 spiro atoms. The number of hydrogen-bond acceptors (Lipinski definition) is 4. The fourth-order valence-corrected chi connectivity index (χ4v) is 3.87. The third kappa shape index (κ3) is 3.81. The van der Waals surface area contributed by atoms with Gasteiger partial charge in [0, 0.05) is 26.2 Å². The Morgan fingerprint density at radius 2 is 1.91 bits per heavy atom. The van der Waals surface area contributed by atoms with Crippen LogP contribution in [0.5, 0.6) is 0 Å². The van der Waals surface area contributed by atoms with Crippen LogP contribution >= 0.6 is 0 Å². The van der Waals surface area contributed by atoms with Gasteiger partial charge in [0.1, 0.15) is 0 Å². The molecule has 0 saturated carbocycles. The number of carbonyl (C=O) groups is 1. The maximum absolute atomic E-state index is 13.1. The van der Waals surface area contributed by atoms with Crippen molar-refractivity contribution in [1.29, 1.82) is 0 Å². The lowest BCUT2D eigenvalue weighted by Gasteiger charge is -2.42. The molecule has 22 heavy (non-hydrogen) atoms. The van der Waals surface area contributed by atoms with E-state index in [-0.39, 0.29) is 29.6 Å². The number of ether oxygens (including phenoxy) is 1. The minimum atomic E-state index is -0.0473. The van der Waals surface area contributed by atoms with Crippen molar-refractivity contribution >= 4 is 5.91 Å². The Morgan fingerprint density at radius 1 is 1.32 bits per heavy atom. The molecule has 0 bridgehead atoms. The molecule has 2 N–H and O–H groups in total. The van der Waals surface area contributed by atoms with Crippen molar-refractivity contribution in [3.63, 3.8) is 0 Å². The highest BCUT2D eigenvalue weighted by Crippen LogP contribution is 2.30. The van der Waals surface area contributed by atoms with Gasteiger partial charge in [0.05, 0.1) is 18.2 Å². The summed E-state index contributed by atoms with van der Waals surface area (Å²) in [6.45, 7) is 14.6. The molecule has 2 aliphatic rings. The molecule has 0 aromatic rings. The third-order valence-corrected chi connectivity index (χ3v) is 5.09. The summed E-state index contributed by atoms with van der Waals surface area (Å²) in [6.07, 6.45) is 1.38. The standard InChI is InChI=1S/C17H33N3O2/c1-12(2)15(20-8-13(3)22-14(4)9-20)16(21)19-7-6-17(5,10-18)11-19/h12-15H,6-11,18H2,1-5H3. The highest BCUT2D eigenvalue weighted by molar-refractivity contribution is 5.82. The number of nitrogens with two attached hydrogens (primary N) is 1. The van der Waals surface area contributed by atoms with Crippen LogP contribution in [0.4, 0.5) is 0 Å². The maximum atomic E-state index is 13.1. The maximum Gasteiger partial charge on any atom is 0.240 e. The van der Waals surface area contributed by atoms with E-state index in [0.717, 1.165) is 32.6 Å². The van der Waals surface area contributed by atoms with Gasteiger partial charge in [-0.3, -0.25) is 9.69 Å². The minimum absolute atomic E-state index is 0.0473. The second kappa shape index (κ2) is 6.85. The average molecular weight is 311 g/mol. The highest BCUT2D eigenvalue weighted by atomic mass is 16.5. The summed E-state index contributed by atoms with van der Waals surface area (Å²) >= 11 is 0. The Labute approximate surface area is 135 Å². The van der Waals surface area contributed by atoms with Crippen LogP contribution in [-0.4, -0.2) is 66.7 Å². The van der Waals surface area contributed by atoms with E-state index in [2.05, 4.69) is 39.5 Å². The van der Waals surface area contributed by atoms with Crippen molar-refractivity contribution in [3.05, 3.63) is 0 Å². The summed E-state index contributed by atoms with van der Waals surface area (Å²) in [5, 5.41) is 0. The quantitative estimate of drug-likeness (QED) is 0.851. The van der Waals surface area contributed by atoms with Gasteiger partial charge in [-0.15, -0.1) is 0 Å². The lowest BCUT2D eigenvalue weighted by atomic mass is 9.90. The van der Waals surface area contributed by atoms with E-state index >= 15 is 0 Å². The zero-order valence-electron chi connectivity index (χ0n) is 14.8. The van der Waals surface area contributed by atoms with Gasteiger partial charge in [0.15, 0.2) is 0 Å². The van der Waals surface area contributed by atoms with Gasteiger partial charge in [-0.25, -0.2) is 0 Å². The first-order valence-corrected chi connectivity index (χ1v) is 8.64. The van der Waals surface area contributed by atoms with E-state index in [1.807, 2.05) is 4.90 Å². The molecule has 1 amide bonds. The summed E-state index contributed by atoms with van der Waals surface area (Å²) in [7, 11) is 0. The molecule has 2 fully saturated rings. The van der Waals surface area contributed by atoms with Crippen molar-refractivity contribution in [1.82, 2.24) is 9.80 Å².